The standard InChI is InChI=1S/C37H36O/c1-25-22-29(26-10-6-5-7-11-26)23-28(25)17-20-33-32-13-8-12-31(27-15-18-30(19-16-27)37(2,3)4)34(32)24-35(33)36-14-9-21-38-36/h5-16,18-19,21-24,28,33H,17,20H2,1-4H3. The second-order valence-corrected chi connectivity index (χ2v) is 11.8. The molecule has 1 nitrogen and oxygen atoms in total. The molecule has 0 radical (unpaired) electrons. The van der Waals surface area contributed by atoms with Crippen molar-refractivity contribution >= 4 is 17.2 Å². The molecule has 6 rings (SSSR count). The van der Waals surface area contributed by atoms with Crippen molar-refractivity contribution in [1.82, 2.24) is 0 Å². The van der Waals surface area contributed by atoms with Gasteiger partial charge in [-0.3, -0.25) is 0 Å². The van der Waals surface area contributed by atoms with Crippen molar-refractivity contribution in [3.8, 4) is 11.1 Å². The van der Waals surface area contributed by atoms with Crippen LogP contribution in [0.2, 0.25) is 0 Å². The van der Waals surface area contributed by atoms with E-state index in [0.717, 1.165) is 18.6 Å². The van der Waals surface area contributed by atoms with Crippen LogP contribution in [0.25, 0.3) is 28.3 Å². The van der Waals surface area contributed by atoms with E-state index in [1.807, 2.05) is 6.07 Å². The average molecular weight is 497 g/mol. The van der Waals surface area contributed by atoms with E-state index in [1.165, 1.54) is 50.1 Å². The van der Waals surface area contributed by atoms with E-state index in [1.54, 1.807) is 6.26 Å². The number of fused-ring (bicyclic) bond motifs is 1. The zero-order valence-electron chi connectivity index (χ0n) is 22.9. The van der Waals surface area contributed by atoms with Crippen LogP contribution in [0.4, 0.5) is 0 Å². The lowest BCUT2D eigenvalue weighted by Gasteiger charge is -2.20. The van der Waals surface area contributed by atoms with E-state index >= 15 is 0 Å². The van der Waals surface area contributed by atoms with Crippen LogP contribution in [0.15, 0.2) is 113 Å². The Labute approximate surface area is 227 Å². The first-order valence-corrected chi connectivity index (χ1v) is 13.8. The SMILES string of the molecule is CC1=CC(c2ccccc2)=CC1CCC1C(c2ccco2)=Cc2c(-c3ccc(C(C)(C)C)cc3)cccc21. The highest BCUT2D eigenvalue weighted by molar-refractivity contribution is 5.95. The van der Waals surface area contributed by atoms with Crippen LogP contribution in [0.3, 0.4) is 0 Å². The lowest BCUT2D eigenvalue weighted by molar-refractivity contribution is 0.540. The molecule has 2 aliphatic carbocycles. The van der Waals surface area contributed by atoms with E-state index in [0.29, 0.717) is 11.8 Å². The Kier molecular flexibility index (Phi) is 6.32. The Balaban J connectivity index is 1.31. The lowest BCUT2D eigenvalue weighted by Crippen LogP contribution is -2.10. The summed E-state index contributed by atoms with van der Waals surface area (Å²) in [5.74, 6) is 1.78. The second kappa shape index (κ2) is 9.80. The van der Waals surface area contributed by atoms with Gasteiger partial charge in [0.1, 0.15) is 5.76 Å². The van der Waals surface area contributed by atoms with Gasteiger partial charge >= 0.3 is 0 Å². The fourth-order valence-electron chi connectivity index (χ4n) is 6.09. The molecule has 3 aromatic carbocycles. The van der Waals surface area contributed by atoms with Crippen LogP contribution in [-0.2, 0) is 5.41 Å². The van der Waals surface area contributed by atoms with Crippen molar-refractivity contribution in [1.29, 1.82) is 0 Å². The molecule has 2 unspecified atom stereocenters. The Morgan fingerprint density at radius 1 is 0.737 bits per heavy atom. The third-order valence-corrected chi connectivity index (χ3v) is 8.28. The normalized spacial score (nSPS) is 18.7. The fraction of sp³-hybridized carbons (Fsp3) is 0.243. The molecule has 38 heavy (non-hydrogen) atoms. The quantitative estimate of drug-likeness (QED) is 0.259. The van der Waals surface area contributed by atoms with Crippen molar-refractivity contribution in [3.05, 3.63) is 137 Å². The van der Waals surface area contributed by atoms with Crippen LogP contribution < -0.4 is 0 Å². The summed E-state index contributed by atoms with van der Waals surface area (Å²) in [6.45, 7) is 9.08. The van der Waals surface area contributed by atoms with E-state index in [9.17, 15) is 0 Å². The van der Waals surface area contributed by atoms with Gasteiger partial charge in [0.2, 0.25) is 0 Å². The zero-order chi connectivity index (χ0) is 26.3. The molecular weight excluding hydrogens is 460 g/mol. The molecule has 0 saturated heterocycles. The summed E-state index contributed by atoms with van der Waals surface area (Å²) in [6.07, 6.45) is 11.2. The predicted octanol–water partition coefficient (Wildman–Crippen LogP) is 10.3. The monoisotopic (exact) mass is 496 g/mol. The zero-order valence-corrected chi connectivity index (χ0v) is 22.9. The summed E-state index contributed by atoms with van der Waals surface area (Å²) in [7, 11) is 0. The van der Waals surface area contributed by atoms with Crippen LogP contribution in [0, 0.1) is 5.92 Å². The minimum atomic E-state index is 0.149. The molecular formula is C37H36O. The van der Waals surface area contributed by atoms with Crippen LogP contribution in [0.5, 0.6) is 0 Å². The lowest BCUT2D eigenvalue weighted by atomic mass is 9.84. The first-order valence-electron chi connectivity index (χ1n) is 13.8. The van der Waals surface area contributed by atoms with Gasteiger partial charge in [-0.25, -0.2) is 0 Å². The van der Waals surface area contributed by atoms with Crippen LogP contribution >= 0.6 is 0 Å². The summed E-state index contributed by atoms with van der Waals surface area (Å²) in [5.41, 5.74) is 12.3. The van der Waals surface area contributed by atoms with Gasteiger partial charge in [0, 0.05) is 11.5 Å². The highest BCUT2D eigenvalue weighted by Crippen LogP contribution is 2.49. The van der Waals surface area contributed by atoms with Gasteiger partial charge in [-0.2, -0.15) is 0 Å². The first-order chi connectivity index (χ1) is 18.4. The summed E-state index contributed by atoms with van der Waals surface area (Å²) < 4.78 is 5.95. The van der Waals surface area contributed by atoms with Gasteiger partial charge in [0.15, 0.2) is 0 Å². The number of furan rings is 1. The van der Waals surface area contributed by atoms with Crippen LogP contribution in [-0.4, -0.2) is 0 Å². The molecule has 1 heterocycles. The van der Waals surface area contributed by atoms with Gasteiger partial charge in [0.05, 0.1) is 6.26 Å². The number of hydrogen-bond donors (Lipinski definition) is 0. The second-order valence-electron chi connectivity index (χ2n) is 11.8. The summed E-state index contributed by atoms with van der Waals surface area (Å²) in [4.78, 5) is 0. The number of benzene rings is 3. The third kappa shape index (κ3) is 4.63. The maximum absolute atomic E-state index is 5.95. The number of allylic oxidation sites excluding steroid dienone is 5. The van der Waals surface area contributed by atoms with Crippen LogP contribution in [0.1, 0.15) is 74.5 Å². The molecule has 0 saturated carbocycles. The molecule has 190 valence electrons. The molecule has 1 aromatic heterocycles. The molecule has 2 atom stereocenters. The first kappa shape index (κ1) is 24.5. The summed E-state index contributed by atoms with van der Waals surface area (Å²) in [5, 5.41) is 0. The molecule has 0 fully saturated rings. The van der Waals surface area contributed by atoms with Crippen molar-refractivity contribution < 1.29 is 4.42 Å². The highest BCUT2D eigenvalue weighted by atomic mass is 16.3. The van der Waals surface area contributed by atoms with E-state index in [4.69, 9.17) is 4.42 Å². The Hall–Kier alpha value is -3.84. The molecule has 0 amide bonds. The summed E-state index contributed by atoms with van der Waals surface area (Å²) in [6, 6.07) is 30.8. The topological polar surface area (TPSA) is 13.1 Å². The minimum Gasteiger partial charge on any atom is -0.465 e. The molecule has 4 aromatic rings. The summed E-state index contributed by atoms with van der Waals surface area (Å²) >= 11 is 0. The molecule has 0 N–H and O–H groups in total. The van der Waals surface area contributed by atoms with Gasteiger partial charge in [-0.15, -0.1) is 0 Å². The number of hydrogen-bond acceptors (Lipinski definition) is 1. The van der Waals surface area contributed by atoms with Crippen molar-refractivity contribution in [2.24, 2.45) is 5.92 Å². The van der Waals surface area contributed by atoms with Gasteiger partial charge < -0.3 is 4.42 Å². The Morgan fingerprint density at radius 2 is 1.53 bits per heavy atom. The van der Waals surface area contributed by atoms with E-state index in [-0.39, 0.29) is 5.41 Å². The van der Waals surface area contributed by atoms with Crippen molar-refractivity contribution in [2.45, 2.75) is 51.9 Å². The highest BCUT2D eigenvalue weighted by Gasteiger charge is 2.30. The molecule has 0 aliphatic heterocycles. The maximum atomic E-state index is 5.95. The van der Waals surface area contributed by atoms with Gasteiger partial charge in [0.25, 0.3) is 0 Å². The van der Waals surface area contributed by atoms with Crippen molar-refractivity contribution in [2.75, 3.05) is 0 Å². The minimum absolute atomic E-state index is 0.149. The molecule has 0 bridgehead atoms. The molecule has 2 aliphatic rings. The molecule has 0 spiro atoms. The van der Waals surface area contributed by atoms with Gasteiger partial charge in [-0.05, 0) is 88.3 Å². The average Bonchev–Trinajstić information content (AvgIpc) is 3.66. The maximum Gasteiger partial charge on any atom is 0.130 e. The van der Waals surface area contributed by atoms with E-state index < -0.39 is 0 Å². The number of rotatable bonds is 6. The molecule has 1 heteroatoms. The van der Waals surface area contributed by atoms with E-state index in [2.05, 4.69) is 125 Å². The fourth-order valence-corrected chi connectivity index (χ4v) is 6.09. The third-order valence-electron chi connectivity index (χ3n) is 8.28. The largest absolute Gasteiger partial charge is 0.465 e. The van der Waals surface area contributed by atoms with Gasteiger partial charge in [-0.1, -0.05) is 111 Å². The predicted molar refractivity (Wildman–Crippen MR) is 161 cm³/mol. The smallest absolute Gasteiger partial charge is 0.130 e. The van der Waals surface area contributed by atoms with Crippen molar-refractivity contribution in [3.63, 3.8) is 0 Å². The Bertz CT molecular complexity index is 1520. The Morgan fingerprint density at radius 3 is 2.24 bits per heavy atom.